The van der Waals surface area contributed by atoms with Crippen LogP contribution in [0.5, 0.6) is 0 Å². The molecule has 3 rings (SSSR count). The summed E-state index contributed by atoms with van der Waals surface area (Å²) in [6.45, 7) is 2.06. The van der Waals surface area contributed by atoms with Crippen molar-refractivity contribution >= 4 is 5.82 Å². The van der Waals surface area contributed by atoms with Crippen LogP contribution in [0.2, 0.25) is 0 Å². The van der Waals surface area contributed by atoms with Gasteiger partial charge in [-0.1, -0.05) is 6.07 Å². The number of anilines is 1. The van der Waals surface area contributed by atoms with Crippen molar-refractivity contribution in [3.05, 3.63) is 48.7 Å². The molecule has 0 aromatic carbocycles. The number of piperidine rings is 1. The highest BCUT2D eigenvalue weighted by Gasteiger charge is 2.22. The van der Waals surface area contributed by atoms with Crippen LogP contribution >= 0.6 is 0 Å². The molecule has 1 atom stereocenters. The lowest BCUT2D eigenvalue weighted by Gasteiger charge is -2.33. The fraction of sp³-hybridized carbons (Fsp3) is 0.357. The van der Waals surface area contributed by atoms with E-state index in [1.165, 1.54) is 18.5 Å². The number of rotatable bonds is 2. The van der Waals surface area contributed by atoms with Crippen LogP contribution in [0.25, 0.3) is 0 Å². The molecular formula is C14H16N4. The number of nitrogens with zero attached hydrogens (tertiary/aromatic N) is 4. The fourth-order valence-corrected chi connectivity index (χ4v) is 2.51. The van der Waals surface area contributed by atoms with Crippen molar-refractivity contribution in [2.24, 2.45) is 0 Å². The highest BCUT2D eigenvalue weighted by atomic mass is 15.2. The second kappa shape index (κ2) is 5.12. The predicted octanol–water partition coefficient (Wildman–Crippen LogP) is 2.26. The lowest BCUT2D eigenvalue weighted by Crippen LogP contribution is -2.35. The first-order chi connectivity index (χ1) is 8.93. The summed E-state index contributed by atoms with van der Waals surface area (Å²) in [6, 6.07) is 8.12. The van der Waals surface area contributed by atoms with E-state index >= 15 is 0 Å². The summed E-state index contributed by atoms with van der Waals surface area (Å²) in [7, 11) is 0. The van der Waals surface area contributed by atoms with Crippen molar-refractivity contribution in [2.45, 2.75) is 18.8 Å². The molecule has 2 aromatic rings. The van der Waals surface area contributed by atoms with Crippen LogP contribution in [0.15, 0.2) is 43.0 Å². The molecule has 0 bridgehead atoms. The SMILES string of the molecule is c1ccc(C2CCCN(c3ccncn3)C2)nc1. The standard InChI is InChI=1S/C14H16N4/c1-2-7-16-13(5-1)12-4-3-9-18(10-12)14-6-8-15-11-17-14/h1-2,5-8,11-12H,3-4,9-10H2. The number of hydrogen-bond donors (Lipinski definition) is 0. The quantitative estimate of drug-likeness (QED) is 0.807. The molecule has 0 saturated carbocycles. The molecule has 4 heteroatoms. The minimum Gasteiger partial charge on any atom is -0.356 e. The van der Waals surface area contributed by atoms with Crippen molar-refractivity contribution in [1.29, 1.82) is 0 Å². The molecule has 92 valence electrons. The average molecular weight is 240 g/mol. The largest absolute Gasteiger partial charge is 0.356 e. The van der Waals surface area contributed by atoms with Gasteiger partial charge in [-0.25, -0.2) is 9.97 Å². The number of aromatic nitrogens is 3. The topological polar surface area (TPSA) is 41.9 Å². The summed E-state index contributed by atoms with van der Waals surface area (Å²) in [6.07, 6.45) is 7.68. The molecule has 2 aromatic heterocycles. The minimum atomic E-state index is 0.509. The smallest absolute Gasteiger partial charge is 0.131 e. The van der Waals surface area contributed by atoms with E-state index in [-0.39, 0.29) is 0 Å². The Kier molecular flexibility index (Phi) is 3.17. The molecule has 0 aliphatic carbocycles. The third-order valence-electron chi connectivity index (χ3n) is 3.42. The zero-order chi connectivity index (χ0) is 12.2. The van der Waals surface area contributed by atoms with Crippen molar-refractivity contribution in [2.75, 3.05) is 18.0 Å². The van der Waals surface area contributed by atoms with Gasteiger partial charge in [-0.05, 0) is 31.0 Å². The van der Waals surface area contributed by atoms with Gasteiger partial charge < -0.3 is 4.90 Å². The summed E-state index contributed by atoms with van der Waals surface area (Å²) in [5.74, 6) is 1.53. The van der Waals surface area contributed by atoms with Crippen LogP contribution in [0, 0.1) is 0 Å². The summed E-state index contributed by atoms with van der Waals surface area (Å²) < 4.78 is 0. The molecule has 0 spiro atoms. The van der Waals surface area contributed by atoms with E-state index in [1.807, 2.05) is 18.3 Å². The molecule has 18 heavy (non-hydrogen) atoms. The van der Waals surface area contributed by atoms with Crippen molar-refractivity contribution in [3.8, 4) is 0 Å². The highest BCUT2D eigenvalue weighted by molar-refractivity contribution is 5.38. The summed E-state index contributed by atoms with van der Waals surface area (Å²) in [5.41, 5.74) is 1.19. The maximum Gasteiger partial charge on any atom is 0.131 e. The third kappa shape index (κ3) is 2.32. The van der Waals surface area contributed by atoms with Crippen molar-refractivity contribution in [3.63, 3.8) is 0 Å². The van der Waals surface area contributed by atoms with Crippen LogP contribution < -0.4 is 4.90 Å². The van der Waals surface area contributed by atoms with Crippen LogP contribution in [0.4, 0.5) is 5.82 Å². The van der Waals surface area contributed by atoms with Gasteiger partial charge in [0.15, 0.2) is 0 Å². The average Bonchev–Trinajstić information content (AvgIpc) is 2.49. The molecule has 1 fully saturated rings. The third-order valence-corrected chi connectivity index (χ3v) is 3.42. The number of hydrogen-bond acceptors (Lipinski definition) is 4. The van der Waals surface area contributed by atoms with Crippen LogP contribution in [0.1, 0.15) is 24.5 Å². The van der Waals surface area contributed by atoms with Gasteiger partial charge in [0, 0.05) is 37.1 Å². The second-order valence-corrected chi connectivity index (χ2v) is 4.61. The zero-order valence-electron chi connectivity index (χ0n) is 10.2. The van der Waals surface area contributed by atoms with Crippen molar-refractivity contribution < 1.29 is 0 Å². The first-order valence-electron chi connectivity index (χ1n) is 6.35. The molecular weight excluding hydrogens is 224 g/mol. The molecule has 0 radical (unpaired) electrons. The predicted molar refractivity (Wildman–Crippen MR) is 70.5 cm³/mol. The molecule has 1 aliphatic rings. The van der Waals surface area contributed by atoms with Gasteiger partial charge in [0.25, 0.3) is 0 Å². The first-order valence-corrected chi connectivity index (χ1v) is 6.35. The van der Waals surface area contributed by atoms with E-state index in [9.17, 15) is 0 Å². The van der Waals surface area contributed by atoms with Gasteiger partial charge in [-0.3, -0.25) is 4.98 Å². The monoisotopic (exact) mass is 240 g/mol. The Morgan fingerprint density at radius 2 is 2.11 bits per heavy atom. The molecule has 0 amide bonds. The summed E-state index contributed by atoms with van der Waals surface area (Å²) in [4.78, 5) is 15.1. The van der Waals surface area contributed by atoms with Gasteiger partial charge in [0.05, 0.1) is 0 Å². The minimum absolute atomic E-state index is 0.509. The zero-order valence-corrected chi connectivity index (χ0v) is 10.2. The Balaban J connectivity index is 1.77. The highest BCUT2D eigenvalue weighted by Crippen LogP contribution is 2.27. The lowest BCUT2D eigenvalue weighted by molar-refractivity contribution is 0.498. The van der Waals surface area contributed by atoms with Crippen molar-refractivity contribution in [1.82, 2.24) is 15.0 Å². The Morgan fingerprint density at radius 3 is 2.89 bits per heavy atom. The Hall–Kier alpha value is -1.97. The number of pyridine rings is 1. The van der Waals surface area contributed by atoms with Gasteiger partial charge >= 0.3 is 0 Å². The Morgan fingerprint density at radius 1 is 1.11 bits per heavy atom. The lowest BCUT2D eigenvalue weighted by atomic mass is 9.94. The molecule has 3 heterocycles. The fourth-order valence-electron chi connectivity index (χ4n) is 2.51. The Bertz CT molecular complexity index is 440. The maximum absolute atomic E-state index is 4.47. The van der Waals surface area contributed by atoms with Gasteiger partial charge in [0.1, 0.15) is 12.1 Å². The normalized spacial score (nSPS) is 19.8. The van der Waals surface area contributed by atoms with Gasteiger partial charge in [-0.15, -0.1) is 0 Å². The van der Waals surface area contributed by atoms with Crippen LogP contribution in [-0.4, -0.2) is 28.0 Å². The molecule has 1 aliphatic heterocycles. The van der Waals surface area contributed by atoms with E-state index in [2.05, 4.69) is 32.0 Å². The maximum atomic E-state index is 4.47. The molecule has 0 N–H and O–H groups in total. The molecule has 1 unspecified atom stereocenters. The van der Waals surface area contributed by atoms with Crippen LogP contribution in [-0.2, 0) is 0 Å². The van der Waals surface area contributed by atoms with Crippen LogP contribution in [0.3, 0.4) is 0 Å². The summed E-state index contributed by atoms with van der Waals surface area (Å²) >= 11 is 0. The molecule has 4 nitrogen and oxygen atoms in total. The van der Waals surface area contributed by atoms with Gasteiger partial charge in [0.2, 0.25) is 0 Å². The van der Waals surface area contributed by atoms with E-state index < -0.39 is 0 Å². The molecule has 1 saturated heterocycles. The Labute approximate surface area is 107 Å². The first kappa shape index (κ1) is 11.1. The summed E-state index contributed by atoms with van der Waals surface area (Å²) in [5, 5.41) is 0. The van der Waals surface area contributed by atoms with E-state index in [0.29, 0.717) is 5.92 Å². The van der Waals surface area contributed by atoms with Gasteiger partial charge in [-0.2, -0.15) is 0 Å². The van der Waals surface area contributed by atoms with E-state index in [0.717, 1.165) is 18.9 Å². The second-order valence-electron chi connectivity index (χ2n) is 4.61. The van der Waals surface area contributed by atoms with E-state index in [4.69, 9.17) is 0 Å². The van der Waals surface area contributed by atoms with E-state index in [1.54, 1.807) is 12.5 Å².